The number of hydrogen-bond donors (Lipinski definition) is 3. The third kappa shape index (κ3) is 2.35. The van der Waals surface area contributed by atoms with Crippen LogP contribution in [0.25, 0.3) is 0 Å². The van der Waals surface area contributed by atoms with Gasteiger partial charge in [-0.1, -0.05) is 19.8 Å². The van der Waals surface area contributed by atoms with Gasteiger partial charge < -0.3 is 16.0 Å². The van der Waals surface area contributed by atoms with Crippen molar-refractivity contribution in [2.24, 2.45) is 5.92 Å². The summed E-state index contributed by atoms with van der Waals surface area (Å²) in [6.07, 6.45) is 6.14. The fourth-order valence-corrected chi connectivity index (χ4v) is 2.28. The van der Waals surface area contributed by atoms with Gasteiger partial charge in [0.05, 0.1) is 6.33 Å². The molecule has 0 radical (unpaired) electrons. The van der Waals surface area contributed by atoms with Crippen molar-refractivity contribution in [2.45, 2.75) is 38.6 Å². The average Bonchev–Trinajstić information content (AvgIpc) is 2.25. The highest BCUT2D eigenvalue weighted by Gasteiger charge is 2.19. The summed E-state index contributed by atoms with van der Waals surface area (Å²) >= 11 is 0. The largest absolute Gasteiger partial charge is 0.391 e. The molecule has 2 atom stereocenters. The van der Waals surface area contributed by atoms with E-state index in [0.29, 0.717) is 11.9 Å². The van der Waals surface area contributed by atoms with Gasteiger partial charge in [0.2, 0.25) is 0 Å². The van der Waals surface area contributed by atoms with Crippen LogP contribution in [0.5, 0.6) is 0 Å². The molecule has 0 saturated heterocycles. The normalized spacial score (nSPS) is 25.3. The van der Waals surface area contributed by atoms with Gasteiger partial charge in [0.25, 0.3) is 5.56 Å². The Morgan fingerprint density at radius 1 is 1.56 bits per heavy atom. The molecule has 1 aromatic heterocycles. The molecule has 2 rings (SSSR count). The van der Waals surface area contributed by atoms with Crippen molar-refractivity contribution in [3.8, 4) is 0 Å². The van der Waals surface area contributed by atoms with Crippen molar-refractivity contribution in [1.29, 1.82) is 0 Å². The van der Waals surface area contributed by atoms with E-state index in [-0.39, 0.29) is 11.2 Å². The summed E-state index contributed by atoms with van der Waals surface area (Å²) < 4.78 is 0. The lowest BCUT2D eigenvalue weighted by Crippen LogP contribution is -2.28. The molecule has 4 N–H and O–H groups in total. The number of nitrogens with zero attached hydrogens (tertiary/aromatic N) is 1. The van der Waals surface area contributed by atoms with Gasteiger partial charge in [-0.25, -0.2) is 4.98 Å². The number of aromatic nitrogens is 2. The van der Waals surface area contributed by atoms with Crippen LogP contribution in [0.15, 0.2) is 11.1 Å². The Morgan fingerprint density at radius 2 is 2.38 bits per heavy atom. The maximum Gasteiger partial charge on any atom is 0.276 e. The third-order valence-electron chi connectivity index (χ3n) is 3.17. The predicted molar refractivity (Wildman–Crippen MR) is 64.3 cm³/mol. The molecule has 0 bridgehead atoms. The average molecular weight is 222 g/mol. The SMILES string of the molecule is CC1CCCC(Nc2nc[nH]c(=O)c2N)C1. The van der Waals surface area contributed by atoms with Crippen LogP contribution in [0.2, 0.25) is 0 Å². The van der Waals surface area contributed by atoms with Crippen LogP contribution in [-0.4, -0.2) is 16.0 Å². The molecule has 0 amide bonds. The molecule has 5 heteroatoms. The number of nitrogens with one attached hydrogen (secondary N) is 2. The summed E-state index contributed by atoms with van der Waals surface area (Å²) in [4.78, 5) is 17.8. The highest BCUT2D eigenvalue weighted by Crippen LogP contribution is 2.26. The van der Waals surface area contributed by atoms with E-state index in [9.17, 15) is 4.79 Å². The highest BCUT2D eigenvalue weighted by molar-refractivity contribution is 5.59. The van der Waals surface area contributed by atoms with E-state index in [1.54, 1.807) is 0 Å². The first-order chi connectivity index (χ1) is 7.66. The summed E-state index contributed by atoms with van der Waals surface area (Å²) in [7, 11) is 0. The van der Waals surface area contributed by atoms with Crippen molar-refractivity contribution in [3.05, 3.63) is 16.7 Å². The predicted octanol–water partition coefficient (Wildman–Crippen LogP) is 1.34. The summed E-state index contributed by atoms with van der Waals surface area (Å²) in [5, 5.41) is 3.26. The van der Waals surface area contributed by atoms with E-state index < -0.39 is 0 Å². The molecule has 2 unspecified atom stereocenters. The molecule has 16 heavy (non-hydrogen) atoms. The Morgan fingerprint density at radius 3 is 3.12 bits per heavy atom. The van der Waals surface area contributed by atoms with Crippen molar-refractivity contribution in [1.82, 2.24) is 9.97 Å². The molecule has 88 valence electrons. The van der Waals surface area contributed by atoms with Crippen LogP contribution in [0.1, 0.15) is 32.6 Å². The number of nitrogen functional groups attached to an aromatic ring is 1. The van der Waals surface area contributed by atoms with Crippen LogP contribution >= 0.6 is 0 Å². The van der Waals surface area contributed by atoms with Crippen molar-refractivity contribution in [2.75, 3.05) is 11.1 Å². The van der Waals surface area contributed by atoms with Gasteiger partial charge >= 0.3 is 0 Å². The summed E-state index contributed by atoms with van der Waals surface area (Å²) in [6.45, 7) is 2.25. The summed E-state index contributed by atoms with van der Waals surface area (Å²) in [5.74, 6) is 1.25. The lowest BCUT2D eigenvalue weighted by atomic mass is 9.87. The Kier molecular flexibility index (Phi) is 3.12. The van der Waals surface area contributed by atoms with Gasteiger partial charge in [0.15, 0.2) is 5.82 Å². The zero-order chi connectivity index (χ0) is 11.5. The molecule has 0 spiro atoms. The van der Waals surface area contributed by atoms with Crippen LogP contribution in [-0.2, 0) is 0 Å². The van der Waals surface area contributed by atoms with E-state index in [2.05, 4.69) is 22.2 Å². The zero-order valence-electron chi connectivity index (χ0n) is 9.49. The second-order valence-electron chi connectivity index (χ2n) is 4.61. The van der Waals surface area contributed by atoms with E-state index in [1.165, 1.54) is 19.2 Å². The highest BCUT2D eigenvalue weighted by atomic mass is 16.1. The second-order valence-corrected chi connectivity index (χ2v) is 4.61. The Bertz CT molecular complexity index is 415. The smallest absolute Gasteiger partial charge is 0.276 e. The van der Waals surface area contributed by atoms with Gasteiger partial charge in [-0.2, -0.15) is 0 Å². The number of H-pyrrole nitrogens is 1. The first-order valence-electron chi connectivity index (χ1n) is 5.76. The van der Waals surface area contributed by atoms with Gasteiger partial charge in [-0.15, -0.1) is 0 Å². The van der Waals surface area contributed by atoms with Gasteiger partial charge in [0, 0.05) is 6.04 Å². The van der Waals surface area contributed by atoms with Crippen LogP contribution in [0.4, 0.5) is 11.5 Å². The molecule has 1 aromatic rings. The topological polar surface area (TPSA) is 83.8 Å². The van der Waals surface area contributed by atoms with E-state index in [0.717, 1.165) is 18.8 Å². The van der Waals surface area contributed by atoms with Gasteiger partial charge in [-0.05, 0) is 18.8 Å². The number of rotatable bonds is 2. The number of nitrogens with two attached hydrogens (primary N) is 1. The molecule has 1 fully saturated rings. The van der Waals surface area contributed by atoms with Crippen LogP contribution in [0, 0.1) is 5.92 Å². The molecular weight excluding hydrogens is 204 g/mol. The molecule has 1 heterocycles. The first-order valence-corrected chi connectivity index (χ1v) is 5.76. The fraction of sp³-hybridized carbons (Fsp3) is 0.636. The standard InChI is InChI=1S/C11H18N4O/c1-7-3-2-4-8(5-7)15-10-9(12)11(16)14-6-13-10/h6-8H,2-5,12H2,1H3,(H2,13,14,15,16). The third-order valence-corrected chi connectivity index (χ3v) is 3.17. The molecule has 5 nitrogen and oxygen atoms in total. The summed E-state index contributed by atoms with van der Waals surface area (Å²) in [6, 6.07) is 0.389. The molecule has 1 aliphatic carbocycles. The minimum atomic E-state index is -0.277. The molecule has 1 aliphatic rings. The Balaban J connectivity index is 2.08. The first kappa shape index (κ1) is 11.0. The second kappa shape index (κ2) is 4.55. The minimum absolute atomic E-state index is 0.181. The van der Waals surface area contributed by atoms with E-state index in [4.69, 9.17) is 5.73 Å². The number of aromatic amines is 1. The van der Waals surface area contributed by atoms with Crippen LogP contribution in [0.3, 0.4) is 0 Å². The Hall–Kier alpha value is -1.52. The maximum atomic E-state index is 11.3. The monoisotopic (exact) mass is 222 g/mol. The van der Waals surface area contributed by atoms with E-state index in [1.807, 2.05) is 0 Å². The quantitative estimate of drug-likeness (QED) is 0.705. The minimum Gasteiger partial charge on any atom is -0.391 e. The van der Waals surface area contributed by atoms with Crippen LogP contribution < -0.4 is 16.6 Å². The molecular formula is C11H18N4O. The van der Waals surface area contributed by atoms with Crippen molar-refractivity contribution in [3.63, 3.8) is 0 Å². The van der Waals surface area contributed by atoms with Gasteiger partial charge in [0.1, 0.15) is 5.69 Å². The summed E-state index contributed by atoms with van der Waals surface area (Å²) in [5.41, 5.74) is 5.57. The number of anilines is 2. The van der Waals surface area contributed by atoms with Crippen molar-refractivity contribution >= 4 is 11.5 Å². The zero-order valence-corrected chi connectivity index (χ0v) is 9.49. The Labute approximate surface area is 94.5 Å². The van der Waals surface area contributed by atoms with Crippen molar-refractivity contribution < 1.29 is 0 Å². The molecule has 0 aromatic carbocycles. The van der Waals surface area contributed by atoms with Gasteiger partial charge in [-0.3, -0.25) is 4.79 Å². The fourth-order valence-electron chi connectivity index (χ4n) is 2.28. The number of hydrogen-bond acceptors (Lipinski definition) is 4. The lowest BCUT2D eigenvalue weighted by molar-refractivity contribution is 0.358. The van der Waals surface area contributed by atoms with E-state index >= 15 is 0 Å². The molecule has 0 aliphatic heterocycles. The molecule has 1 saturated carbocycles. The lowest BCUT2D eigenvalue weighted by Gasteiger charge is -2.28. The maximum absolute atomic E-state index is 11.3.